The summed E-state index contributed by atoms with van der Waals surface area (Å²) in [5.74, 6) is 2.03. The standard InChI is InChI=1S/C30H30O4/c1-33-25-15-9-21(10-16-25)6-7-23-13-19-27(29(32)20-23)30-24(4-3-5-28(30)31)14-8-22-11-17-26(34-2)18-12-22/h3-5,9-13,15-20,31-32H,6-8,14H2,1-2H3. The molecule has 0 amide bonds. The van der Waals surface area contributed by atoms with Crippen LogP contribution in [-0.4, -0.2) is 24.4 Å². The number of aryl methyl sites for hydroxylation is 4. The van der Waals surface area contributed by atoms with E-state index >= 15 is 0 Å². The van der Waals surface area contributed by atoms with Crippen LogP contribution in [0.3, 0.4) is 0 Å². The summed E-state index contributed by atoms with van der Waals surface area (Å²) in [5, 5.41) is 21.5. The van der Waals surface area contributed by atoms with Crippen LogP contribution in [0.1, 0.15) is 22.3 Å². The number of hydrogen-bond donors (Lipinski definition) is 2. The van der Waals surface area contributed by atoms with Gasteiger partial charge in [-0.15, -0.1) is 0 Å². The van der Waals surface area contributed by atoms with Gasteiger partial charge in [0.1, 0.15) is 23.0 Å². The lowest BCUT2D eigenvalue weighted by molar-refractivity contribution is 0.414. The van der Waals surface area contributed by atoms with E-state index in [1.165, 1.54) is 11.1 Å². The highest BCUT2D eigenvalue weighted by Gasteiger charge is 2.15. The van der Waals surface area contributed by atoms with Crippen LogP contribution in [0.15, 0.2) is 84.9 Å². The Morgan fingerprint density at radius 3 is 1.65 bits per heavy atom. The van der Waals surface area contributed by atoms with Gasteiger partial charge in [0.25, 0.3) is 0 Å². The highest BCUT2D eigenvalue weighted by molar-refractivity contribution is 5.78. The van der Waals surface area contributed by atoms with Gasteiger partial charge >= 0.3 is 0 Å². The van der Waals surface area contributed by atoms with Gasteiger partial charge in [-0.2, -0.15) is 0 Å². The van der Waals surface area contributed by atoms with E-state index in [4.69, 9.17) is 9.47 Å². The van der Waals surface area contributed by atoms with E-state index in [-0.39, 0.29) is 11.5 Å². The molecule has 4 aromatic rings. The minimum absolute atomic E-state index is 0.175. The molecule has 34 heavy (non-hydrogen) atoms. The van der Waals surface area contributed by atoms with Gasteiger partial charge in [0.15, 0.2) is 0 Å². The number of phenolic OH excluding ortho intramolecular Hbond substituents is 2. The average Bonchev–Trinajstić information content (AvgIpc) is 2.87. The summed E-state index contributed by atoms with van der Waals surface area (Å²) in [7, 11) is 3.32. The Balaban J connectivity index is 1.50. The molecule has 4 heteroatoms. The number of hydrogen-bond acceptors (Lipinski definition) is 4. The van der Waals surface area contributed by atoms with Gasteiger partial charge in [0.2, 0.25) is 0 Å². The van der Waals surface area contributed by atoms with E-state index in [1.54, 1.807) is 26.4 Å². The van der Waals surface area contributed by atoms with Gasteiger partial charge < -0.3 is 19.7 Å². The minimum Gasteiger partial charge on any atom is -0.507 e. The summed E-state index contributed by atoms with van der Waals surface area (Å²) in [6, 6.07) is 27.3. The van der Waals surface area contributed by atoms with Crippen molar-refractivity contribution in [3.05, 3.63) is 107 Å². The Kier molecular flexibility index (Phi) is 7.38. The molecule has 0 fully saturated rings. The normalized spacial score (nSPS) is 10.8. The number of methoxy groups -OCH3 is 2. The van der Waals surface area contributed by atoms with Crippen molar-refractivity contribution in [1.82, 2.24) is 0 Å². The van der Waals surface area contributed by atoms with Crippen LogP contribution in [0.4, 0.5) is 0 Å². The van der Waals surface area contributed by atoms with E-state index in [0.717, 1.165) is 48.3 Å². The summed E-state index contributed by atoms with van der Waals surface area (Å²) < 4.78 is 10.4. The second-order valence-corrected chi connectivity index (χ2v) is 8.36. The number of aromatic hydroxyl groups is 2. The number of ether oxygens (including phenoxy) is 2. The first-order valence-electron chi connectivity index (χ1n) is 11.5. The van der Waals surface area contributed by atoms with Crippen molar-refractivity contribution in [1.29, 1.82) is 0 Å². The third-order valence-electron chi connectivity index (χ3n) is 6.16. The first-order valence-corrected chi connectivity index (χ1v) is 11.5. The molecule has 4 aromatic carbocycles. The van der Waals surface area contributed by atoms with Crippen molar-refractivity contribution < 1.29 is 19.7 Å². The molecule has 0 saturated carbocycles. The smallest absolute Gasteiger partial charge is 0.123 e. The van der Waals surface area contributed by atoms with Crippen molar-refractivity contribution in [2.24, 2.45) is 0 Å². The first kappa shape index (κ1) is 23.2. The van der Waals surface area contributed by atoms with E-state index in [2.05, 4.69) is 24.3 Å². The molecule has 0 saturated heterocycles. The lowest BCUT2D eigenvalue weighted by Gasteiger charge is -2.14. The quantitative estimate of drug-likeness (QED) is 0.309. The van der Waals surface area contributed by atoms with Crippen LogP contribution in [0, 0.1) is 0 Å². The zero-order valence-corrected chi connectivity index (χ0v) is 19.6. The second-order valence-electron chi connectivity index (χ2n) is 8.36. The SMILES string of the molecule is COc1ccc(CCc2ccc(-c3c(O)cccc3CCc3ccc(OC)cc3)c(O)c2)cc1. The maximum atomic E-state index is 10.9. The van der Waals surface area contributed by atoms with Crippen LogP contribution in [0.25, 0.3) is 11.1 Å². The Morgan fingerprint density at radius 2 is 1.09 bits per heavy atom. The van der Waals surface area contributed by atoms with E-state index in [9.17, 15) is 10.2 Å². The predicted octanol–water partition coefficient (Wildman–Crippen LogP) is 6.35. The molecule has 0 atom stereocenters. The van der Waals surface area contributed by atoms with Crippen LogP contribution >= 0.6 is 0 Å². The van der Waals surface area contributed by atoms with E-state index in [1.807, 2.05) is 48.5 Å². The lowest BCUT2D eigenvalue weighted by Crippen LogP contribution is -1.96. The predicted molar refractivity (Wildman–Crippen MR) is 136 cm³/mol. The van der Waals surface area contributed by atoms with Gasteiger partial charge in [0, 0.05) is 11.1 Å². The van der Waals surface area contributed by atoms with Crippen molar-refractivity contribution in [2.45, 2.75) is 25.7 Å². The molecule has 2 N–H and O–H groups in total. The molecule has 0 bridgehead atoms. The lowest BCUT2D eigenvalue weighted by atomic mass is 9.92. The van der Waals surface area contributed by atoms with Crippen LogP contribution < -0.4 is 9.47 Å². The fourth-order valence-corrected chi connectivity index (χ4v) is 4.20. The molecule has 4 rings (SSSR count). The first-order chi connectivity index (χ1) is 16.6. The summed E-state index contributed by atoms with van der Waals surface area (Å²) >= 11 is 0. The summed E-state index contributed by atoms with van der Waals surface area (Å²) in [5.41, 5.74) is 5.79. The maximum absolute atomic E-state index is 10.9. The maximum Gasteiger partial charge on any atom is 0.123 e. The highest BCUT2D eigenvalue weighted by Crippen LogP contribution is 2.39. The molecule has 0 aliphatic carbocycles. The van der Waals surface area contributed by atoms with Crippen molar-refractivity contribution in [3.8, 4) is 34.1 Å². The molecular formula is C30H30O4. The second kappa shape index (κ2) is 10.8. The third kappa shape index (κ3) is 5.52. The minimum atomic E-state index is 0.175. The molecule has 0 aromatic heterocycles. The topological polar surface area (TPSA) is 58.9 Å². The summed E-state index contributed by atoms with van der Waals surface area (Å²) in [6.45, 7) is 0. The summed E-state index contributed by atoms with van der Waals surface area (Å²) in [4.78, 5) is 0. The molecule has 0 unspecified atom stereocenters. The third-order valence-corrected chi connectivity index (χ3v) is 6.16. The molecular weight excluding hydrogens is 424 g/mol. The van der Waals surface area contributed by atoms with Crippen molar-refractivity contribution in [3.63, 3.8) is 0 Å². The molecule has 4 nitrogen and oxygen atoms in total. The molecule has 174 valence electrons. The van der Waals surface area contributed by atoms with Gasteiger partial charge in [0.05, 0.1) is 14.2 Å². The van der Waals surface area contributed by atoms with Gasteiger partial charge in [-0.05, 0) is 84.3 Å². The monoisotopic (exact) mass is 454 g/mol. The van der Waals surface area contributed by atoms with Crippen LogP contribution in [0.5, 0.6) is 23.0 Å². The van der Waals surface area contributed by atoms with Crippen LogP contribution in [0.2, 0.25) is 0 Å². The Bertz CT molecular complexity index is 1230. The van der Waals surface area contributed by atoms with Crippen molar-refractivity contribution in [2.75, 3.05) is 14.2 Å². The van der Waals surface area contributed by atoms with Crippen molar-refractivity contribution >= 4 is 0 Å². The fraction of sp³-hybridized carbons (Fsp3) is 0.200. The summed E-state index contributed by atoms with van der Waals surface area (Å²) in [6.07, 6.45) is 3.24. The number of phenols is 2. The van der Waals surface area contributed by atoms with Crippen LogP contribution in [-0.2, 0) is 25.7 Å². The number of rotatable bonds is 9. The molecule has 0 heterocycles. The van der Waals surface area contributed by atoms with E-state index < -0.39 is 0 Å². The van der Waals surface area contributed by atoms with Gasteiger partial charge in [-0.3, -0.25) is 0 Å². The fourth-order valence-electron chi connectivity index (χ4n) is 4.20. The average molecular weight is 455 g/mol. The molecule has 0 aliphatic rings. The zero-order valence-electron chi connectivity index (χ0n) is 19.6. The van der Waals surface area contributed by atoms with E-state index in [0.29, 0.717) is 11.1 Å². The highest BCUT2D eigenvalue weighted by atomic mass is 16.5. The molecule has 0 spiro atoms. The van der Waals surface area contributed by atoms with Gasteiger partial charge in [-0.1, -0.05) is 48.5 Å². The van der Waals surface area contributed by atoms with Gasteiger partial charge in [-0.25, -0.2) is 0 Å². The Labute approximate surface area is 201 Å². The Morgan fingerprint density at radius 1 is 0.559 bits per heavy atom. The zero-order chi connectivity index (χ0) is 23.9. The Hall–Kier alpha value is -3.92. The largest absolute Gasteiger partial charge is 0.507 e. The molecule has 0 radical (unpaired) electrons. The number of benzene rings is 4. The molecule has 0 aliphatic heterocycles.